The monoisotopic (exact) mass is 242 g/mol. The second-order valence-electron chi connectivity index (χ2n) is 4.51. The zero-order valence-corrected chi connectivity index (χ0v) is 10.4. The van der Waals surface area contributed by atoms with Crippen LogP contribution in [-0.4, -0.2) is 35.8 Å². The minimum Gasteiger partial charge on any atom is -0.450 e. The van der Waals surface area contributed by atoms with Crippen molar-refractivity contribution in [3.63, 3.8) is 0 Å². The molecule has 2 aliphatic rings. The number of carbonyl (C=O) groups is 1. The summed E-state index contributed by atoms with van der Waals surface area (Å²) >= 11 is 5.20. The van der Waals surface area contributed by atoms with Crippen molar-refractivity contribution in [2.75, 3.05) is 19.7 Å². The van der Waals surface area contributed by atoms with Crippen molar-refractivity contribution in [1.29, 1.82) is 0 Å². The van der Waals surface area contributed by atoms with Gasteiger partial charge in [-0.1, -0.05) is 6.42 Å². The van der Waals surface area contributed by atoms with Gasteiger partial charge in [-0.15, -0.1) is 0 Å². The molecule has 4 nitrogen and oxygen atoms in total. The van der Waals surface area contributed by atoms with Gasteiger partial charge in [0.15, 0.2) is 5.11 Å². The Morgan fingerprint density at radius 2 is 2.06 bits per heavy atom. The van der Waals surface area contributed by atoms with Crippen molar-refractivity contribution in [3.8, 4) is 0 Å². The van der Waals surface area contributed by atoms with Gasteiger partial charge < -0.3 is 9.64 Å². The Kier molecular flexibility index (Phi) is 3.63. The van der Waals surface area contributed by atoms with E-state index in [4.69, 9.17) is 17.0 Å². The molecule has 2 rings (SSSR count). The minimum absolute atomic E-state index is 0.375. The SMILES string of the molecule is CCOC(=O)NC(=S)N1CC2CCCC2C1. The van der Waals surface area contributed by atoms with Crippen LogP contribution in [0.3, 0.4) is 0 Å². The van der Waals surface area contributed by atoms with Crippen LogP contribution in [0, 0.1) is 11.8 Å². The van der Waals surface area contributed by atoms with E-state index < -0.39 is 6.09 Å². The molecule has 2 unspecified atom stereocenters. The Morgan fingerprint density at radius 3 is 2.62 bits per heavy atom. The van der Waals surface area contributed by atoms with Crippen LogP contribution in [0.25, 0.3) is 0 Å². The van der Waals surface area contributed by atoms with E-state index in [1.54, 1.807) is 6.92 Å². The van der Waals surface area contributed by atoms with Gasteiger partial charge in [-0.05, 0) is 43.8 Å². The van der Waals surface area contributed by atoms with E-state index in [9.17, 15) is 4.79 Å². The first kappa shape index (κ1) is 11.6. The Hall–Kier alpha value is -0.840. The van der Waals surface area contributed by atoms with E-state index >= 15 is 0 Å². The van der Waals surface area contributed by atoms with Crippen molar-refractivity contribution in [2.24, 2.45) is 11.8 Å². The quantitative estimate of drug-likeness (QED) is 0.711. The zero-order valence-electron chi connectivity index (χ0n) is 9.57. The molecule has 0 bridgehead atoms. The van der Waals surface area contributed by atoms with Crippen LogP contribution < -0.4 is 5.32 Å². The van der Waals surface area contributed by atoms with Gasteiger partial charge in [0.1, 0.15) is 0 Å². The summed E-state index contributed by atoms with van der Waals surface area (Å²) in [5.41, 5.74) is 0. The average Bonchev–Trinajstić information content (AvgIpc) is 2.76. The molecule has 0 spiro atoms. The standard InChI is InChI=1S/C11H18N2O2S/c1-2-15-11(14)12-10(16)13-6-8-4-3-5-9(8)7-13/h8-9H,2-7H2,1H3,(H,12,14,16). The van der Waals surface area contributed by atoms with Gasteiger partial charge >= 0.3 is 6.09 Å². The van der Waals surface area contributed by atoms with Gasteiger partial charge in [0.25, 0.3) is 0 Å². The molecule has 1 N–H and O–H groups in total. The van der Waals surface area contributed by atoms with Crippen LogP contribution in [0.5, 0.6) is 0 Å². The molecule has 1 heterocycles. The summed E-state index contributed by atoms with van der Waals surface area (Å²) in [4.78, 5) is 13.3. The molecule has 2 atom stereocenters. The minimum atomic E-state index is -0.440. The van der Waals surface area contributed by atoms with Crippen LogP contribution in [0.2, 0.25) is 0 Å². The molecule has 0 aromatic rings. The van der Waals surface area contributed by atoms with E-state index in [0.717, 1.165) is 24.9 Å². The summed E-state index contributed by atoms with van der Waals surface area (Å²) in [6.45, 7) is 4.15. The summed E-state index contributed by atoms with van der Waals surface area (Å²) in [7, 11) is 0. The van der Waals surface area contributed by atoms with Crippen LogP contribution in [0.4, 0.5) is 4.79 Å². The molecule has 5 heteroatoms. The molecule has 1 saturated heterocycles. The van der Waals surface area contributed by atoms with Crippen LogP contribution in [-0.2, 0) is 4.74 Å². The van der Waals surface area contributed by atoms with E-state index in [1.807, 2.05) is 0 Å². The maximum Gasteiger partial charge on any atom is 0.413 e. The van der Waals surface area contributed by atoms with Gasteiger partial charge in [-0.3, -0.25) is 5.32 Å². The Labute approximate surface area is 101 Å². The number of nitrogens with zero attached hydrogens (tertiary/aromatic N) is 1. The third-order valence-electron chi connectivity index (χ3n) is 3.50. The molecule has 16 heavy (non-hydrogen) atoms. The predicted octanol–water partition coefficient (Wildman–Crippen LogP) is 1.75. The lowest BCUT2D eigenvalue weighted by atomic mass is 10.0. The van der Waals surface area contributed by atoms with Crippen molar-refractivity contribution >= 4 is 23.4 Å². The van der Waals surface area contributed by atoms with Crippen LogP contribution in [0.15, 0.2) is 0 Å². The van der Waals surface area contributed by atoms with E-state index in [2.05, 4.69) is 10.2 Å². The first-order valence-electron chi connectivity index (χ1n) is 5.93. The number of ether oxygens (including phenoxy) is 1. The number of nitrogens with one attached hydrogen (secondary N) is 1. The molecule has 1 aliphatic carbocycles. The maximum atomic E-state index is 11.2. The highest BCUT2D eigenvalue weighted by atomic mass is 32.1. The molecule has 1 saturated carbocycles. The molecular formula is C11H18N2O2S. The van der Waals surface area contributed by atoms with Crippen LogP contribution >= 0.6 is 12.2 Å². The van der Waals surface area contributed by atoms with Crippen LogP contribution in [0.1, 0.15) is 26.2 Å². The van der Waals surface area contributed by atoms with Gasteiger partial charge in [0, 0.05) is 13.1 Å². The lowest BCUT2D eigenvalue weighted by Crippen LogP contribution is -2.42. The molecule has 0 aromatic carbocycles. The van der Waals surface area contributed by atoms with E-state index in [0.29, 0.717) is 11.7 Å². The third-order valence-corrected chi connectivity index (χ3v) is 3.86. The normalized spacial score (nSPS) is 27.7. The second-order valence-corrected chi connectivity index (χ2v) is 4.89. The Bertz CT molecular complexity index is 284. The first-order valence-corrected chi connectivity index (χ1v) is 6.34. The van der Waals surface area contributed by atoms with Gasteiger partial charge in [-0.25, -0.2) is 4.79 Å². The number of fused-ring (bicyclic) bond motifs is 1. The fourth-order valence-electron chi connectivity index (χ4n) is 2.73. The molecule has 90 valence electrons. The van der Waals surface area contributed by atoms with Crippen molar-refractivity contribution in [1.82, 2.24) is 10.2 Å². The largest absolute Gasteiger partial charge is 0.450 e. The zero-order chi connectivity index (χ0) is 11.5. The maximum absolute atomic E-state index is 11.2. The smallest absolute Gasteiger partial charge is 0.413 e. The number of alkyl carbamates (subject to hydrolysis) is 1. The average molecular weight is 242 g/mol. The van der Waals surface area contributed by atoms with Crippen molar-refractivity contribution < 1.29 is 9.53 Å². The summed E-state index contributed by atoms with van der Waals surface area (Å²) in [5, 5.41) is 3.13. The van der Waals surface area contributed by atoms with Gasteiger partial charge in [0.05, 0.1) is 6.61 Å². The number of amides is 1. The highest BCUT2D eigenvalue weighted by Gasteiger charge is 2.37. The topological polar surface area (TPSA) is 41.6 Å². The number of likely N-dealkylation sites (tertiary alicyclic amines) is 1. The highest BCUT2D eigenvalue weighted by molar-refractivity contribution is 7.80. The molecule has 2 fully saturated rings. The van der Waals surface area contributed by atoms with Gasteiger partial charge in [0.2, 0.25) is 0 Å². The highest BCUT2D eigenvalue weighted by Crippen LogP contribution is 2.37. The Balaban J connectivity index is 1.80. The molecule has 1 amide bonds. The van der Waals surface area contributed by atoms with Crippen molar-refractivity contribution in [3.05, 3.63) is 0 Å². The third kappa shape index (κ3) is 2.45. The first-order chi connectivity index (χ1) is 7.70. The summed E-state index contributed by atoms with van der Waals surface area (Å²) in [6.07, 6.45) is 3.53. The number of rotatable bonds is 1. The van der Waals surface area contributed by atoms with Gasteiger partial charge in [-0.2, -0.15) is 0 Å². The summed E-state index contributed by atoms with van der Waals surface area (Å²) in [6, 6.07) is 0. The summed E-state index contributed by atoms with van der Waals surface area (Å²) in [5.74, 6) is 1.56. The molecule has 0 radical (unpaired) electrons. The fourth-order valence-corrected chi connectivity index (χ4v) is 2.97. The summed E-state index contributed by atoms with van der Waals surface area (Å²) < 4.78 is 4.80. The van der Waals surface area contributed by atoms with Crippen molar-refractivity contribution in [2.45, 2.75) is 26.2 Å². The molecule has 1 aliphatic heterocycles. The molecule has 0 aromatic heterocycles. The second kappa shape index (κ2) is 4.99. The number of hydrogen-bond donors (Lipinski definition) is 1. The predicted molar refractivity (Wildman–Crippen MR) is 65.2 cm³/mol. The number of hydrogen-bond acceptors (Lipinski definition) is 3. The number of thiocarbonyl (C=S) groups is 1. The van der Waals surface area contributed by atoms with E-state index in [1.165, 1.54) is 19.3 Å². The van der Waals surface area contributed by atoms with E-state index in [-0.39, 0.29) is 0 Å². The lowest BCUT2D eigenvalue weighted by molar-refractivity contribution is 0.157. The molecular weight excluding hydrogens is 224 g/mol. The Morgan fingerprint density at radius 1 is 1.44 bits per heavy atom. The lowest BCUT2D eigenvalue weighted by Gasteiger charge is -2.20. The fraction of sp³-hybridized carbons (Fsp3) is 0.818. The number of carbonyl (C=O) groups excluding carboxylic acids is 1.